The molecule has 0 unspecified atom stereocenters. The summed E-state index contributed by atoms with van der Waals surface area (Å²) in [6.07, 6.45) is 5.65. The Morgan fingerprint density at radius 2 is 1.81 bits per heavy atom. The second-order valence-electron chi connectivity index (χ2n) is 8.50. The van der Waals surface area contributed by atoms with Crippen molar-refractivity contribution in [2.24, 2.45) is 5.92 Å². The molecule has 0 aromatic carbocycles. The van der Waals surface area contributed by atoms with Gasteiger partial charge in [0.05, 0.1) is 35.5 Å². The van der Waals surface area contributed by atoms with Gasteiger partial charge < -0.3 is 14.0 Å². The van der Waals surface area contributed by atoms with Crippen molar-refractivity contribution in [2.75, 3.05) is 6.61 Å². The molecule has 0 spiro atoms. The first-order valence-electron chi connectivity index (χ1n) is 9.72. The van der Waals surface area contributed by atoms with Crippen molar-refractivity contribution in [1.29, 1.82) is 0 Å². The zero-order valence-corrected chi connectivity index (χ0v) is 16.9. The SMILES string of the molecule is CCOC(=O)C1CCC(n2cc(B3OC(C)(C)C(C)(C)O3)c(C)n2)CC1. The smallest absolute Gasteiger partial charge is 0.466 e. The van der Waals surface area contributed by atoms with E-state index in [1.807, 2.05) is 18.5 Å². The van der Waals surface area contributed by atoms with Crippen molar-refractivity contribution in [3.05, 3.63) is 11.9 Å². The fourth-order valence-corrected chi connectivity index (χ4v) is 3.72. The maximum Gasteiger partial charge on any atom is 0.498 e. The number of nitrogens with zero attached hydrogens (tertiary/aromatic N) is 2. The van der Waals surface area contributed by atoms with Crippen LogP contribution in [0.2, 0.25) is 0 Å². The molecule has 0 amide bonds. The minimum absolute atomic E-state index is 0.0328. The van der Waals surface area contributed by atoms with Crippen LogP contribution in [0.15, 0.2) is 6.20 Å². The number of rotatable bonds is 4. The summed E-state index contributed by atoms with van der Waals surface area (Å²) in [4.78, 5) is 11.9. The van der Waals surface area contributed by atoms with E-state index >= 15 is 0 Å². The van der Waals surface area contributed by atoms with E-state index in [0.717, 1.165) is 36.8 Å². The lowest BCUT2D eigenvalue weighted by Crippen LogP contribution is -2.41. The highest BCUT2D eigenvalue weighted by Crippen LogP contribution is 2.37. The molecule has 1 aliphatic heterocycles. The Hall–Kier alpha value is -1.34. The molecule has 0 radical (unpaired) electrons. The van der Waals surface area contributed by atoms with Crippen LogP contribution in [-0.2, 0) is 18.8 Å². The van der Waals surface area contributed by atoms with Crippen LogP contribution in [0.5, 0.6) is 0 Å². The van der Waals surface area contributed by atoms with Gasteiger partial charge in [0, 0.05) is 11.7 Å². The summed E-state index contributed by atoms with van der Waals surface area (Å²) in [7, 11) is -0.385. The van der Waals surface area contributed by atoms with Crippen molar-refractivity contribution in [2.45, 2.75) is 84.5 Å². The number of aryl methyl sites for hydroxylation is 1. The van der Waals surface area contributed by atoms with Crippen LogP contribution < -0.4 is 5.46 Å². The largest absolute Gasteiger partial charge is 0.498 e. The number of carbonyl (C=O) groups excluding carboxylic acids is 1. The van der Waals surface area contributed by atoms with Crippen LogP contribution in [-0.4, -0.2) is 40.7 Å². The number of hydrogen-bond acceptors (Lipinski definition) is 5. The summed E-state index contributed by atoms with van der Waals surface area (Å²) in [6, 6.07) is 0.315. The number of aromatic nitrogens is 2. The van der Waals surface area contributed by atoms with E-state index in [1.54, 1.807) is 0 Å². The van der Waals surface area contributed by atoms with Crippen LogP contribution in [0, 0.1) is 12.8 Å². The van der Waals surface area contributed by atoms with E-state index in [0.29, 0.717) is 12.6 Å². The molecule has 6 nitrogen and oxygen atoms in total. The fourth-order valence-electron chi connectivity index (χ4n) is 3.72. The Balaban J connectivity index is 1.67. The molecule has 3 rings (SSSR count). The van der Waals surface area contributed by atoms with Gasteiger partial charge in [-0.3, -0.25) is 9.48 Å². The molecule has 2 heterocycles. The third-order valence-corrected chi connectivity index (χ3v) is 6.15. The highest BCUT2D eigenvalue weighted by molar-refractivity contribution is 6.62. The second-order valence-corrected chi connectivity index (χ2v) is 8.50. The van der Waals surface area contributed by atoms with E-state index in [1.165, 1.54) is 0 Å². The first kappa shape index (κ1) is 19.4. The summed E-state index contributed by atoms with van der Waals surface area (Å²) in [5.74, 6) is -0.0223. The Morgan fingerprint density at radius 1 is 1.23 bits per heavy atom. The molecule has 2 fully saturated rings. The average Bonchev–Trinajstić information content (AvgIpc) is 3.05. The Kier molecular flexibility index (Phi) is 5.23. The second kappa shape index (κ2) is 7.00. The molecule has 26 heavy (non-hydrogen) atoms. The van der Waals surface area contributed by atoms with Crippen molar-refractivity contribution < 1.29 is 18.8 Å². The third-order valence-electron chi connectivity index (χ3n) is 6.15. The molecule has 0 atom stereocenters. The minimum Gasteiger partial charge on any atom is -0.466 e. The van der Waals surface area contributed by atoms with Gasteiger partial charge in [-0.2, -0.15) is 5.10 Å². The van der Waals surface area contributed by atoms with Gasteiger partial charge in [0.25, 0.3) is 0 Å². The predicted octanol–water partition coefficient (Wildman–Crippen LogP) is 2.79. The normalized spacial score (nSPS) is 27.5. The minimum atomic E-state index is -0.385. The van der Waals surface area contributed by atoms with Crippen LogP contribution in [0.3, 0.4) is 0 Å². The first-order chi connectivity index (χ1) is 12.1. The van der Waals surface area contributed by atoms with Crippen molar-refractivity contribution in [3.8, 4) is 0 Å². The molecule has 1 saturated heterocycles. The number of carbonyl (C=O) groups is 1. The Morgan fingerprint density at radius 3 is 2.35 bits per heavy atom. The maximum absolute atomic E-state index is 11.9. The lowest BCUT2D eigenvalue weighted by molar-refractivity contribution is -0.149. The van der Waals surface area contributed by atoms with Gasteiger partial charge in [0.15, 0.2) is 0 Å². The topological polar surface area (TPSA) is 62.6 Å². The van der Waals surface area contributed by atoms with E-state index in [-0.39, 0.29) is 30.2 Å². The van der Waals surface area contributed by atoms with E-state index in [4.69, 9.17) is 19.1 Å². The summed E-state index contributed by atoms with van der Waals surface area (Å²) in [5, 5.41) is 4.72. The molecular formula is C19H31BN2O4. The van der Waals surface area contributed by atoms with E-state index in [9.17, 15) is 4.79 Å². The summed E-state index contributed by atoms with van der Waals surface area (Å²) in [5.41, 5.74) is 1.22. The van der Waals surface area contributed by atoms with Crippen molar-refractivity contribution in [1.82, 2.24) is 9.78 Å². The Labute approximate surface area is 156 Å². The predicted molar refractivity (Wildman–Crippen MR) is 100 cm³/mol. The summed E-state index contributed by atoms with van der Waals surface area (Å²) in [6.45, 7) is 12.5. The molecule has 1 saturated carbocycles. The number of ether oxygens (including phenoxy) is 1. The van der Waals surface area contributed by atoms with E-state index < -0.39 is 0 Å². The van der Waals surface area contributed by atoms with Crippen LogP contribution in [0.4, 0.5) is 0 Å². The zero-order valence-electron chi connectivity index (χ0n) is 16.9. The van der Waals surface area contributed by atoms with Crippen LogP contribution in [0.25, 0.3) is 0 Å². The summed E-state index contributed by atoms with van der Waals surface area (Å²) >= 11 is 0. The standard InChI is InChI=1S/C19H31BN2O4/c1-7-24-17(23)14-8-10-15(11-9-14)22-12-16(13(2)21-22)20-25-18(3,4)19(5,6)26-20/h12,14-15H,7-11H2,1-6H3. The highest BCUT2D eigenvalue weighted by atomic mass is 16.7. The molecule has 1 aliphatic carbocycles. The van der Waals surface area contributed by atoms with Gasteiger partial charge in [0.2, 0.25) is 0 Å². The van der Waals surface area contributed by atoms with Gasteiger partial charge in [0.1, 0.15) is 0 Å². The molecule has 1 aromatic heterocycles. The monoisotopic (exact) mass is 362 g/mol. The van der Waals surface area contributed by atoms with Gasteiger partial charge in [-0.05, 0) is 67.2 Å². The molecule has 0 N–H and O–H groups in total. The zero-order chi connectivity index (χ0) is 19.1. The van der Waals surface area contributed by atoms with E-state index in [2.05, 4.69) is 33.9 Å². The molecule has 1 aromatic rings. The van der Waals surface area contributed by atoms with Crippen LogP contribution in [0.1, 0.15) is 72.0 Å². The van der Waals surface area contributed by atoms with Crippen molar-refractivity contribution >= 4 is 18.6 Å². The fraction of sp³-hybridized carbons (Fsp3) is 0.789. The molecular weight excluding hydrogens is 331 g/mol. The molecule has 7 heteroatoms. The molecule has 2 aliphatic rings. The van der Waals surface area contributed by atoms with Crippen LogP contribution >= 0.6 is 0 Å². The van der Waals surface area contributed by atoms with Gasteiger partial charge in [-0.1, -0.05) is 0 Å². The van der Waals surface area contributed by atoms with Gasteiger partial charge in [-0.15, -0.1) is 0 Å². The van der Waals surface area contributed by atoms with Crippen molar-refractivity contribution in [3.63, 3.8) is 0 Å². The first-order valence-corrected chi connectivity index (χ1v) is 9.72. The lowest BCUT2D eigenvalue weighted by atomic mass is 9.79. The molecule has 0 bridgehead atoms. The number of hydrogen-bond donors (Lipinski definition) is 0. The maximum atomic E-state index is 11.9. The molecule has 144 valence electrons. The number of esters is 1. The lowest BCUT2D eigenvalue weighted by Gasteiger charge is -2.32. The third kappa shape index (κ3) is 3.56. The quantitative estimate of drug-likeness (QED) is 0.609. The Bertz CT molecular complexity index is 646. The highest BCUT2D eigenvalue weighted by Gasteiger charge is 2.52. The van der Waals surface area contributed by atoms with Gasteiger partial charge in [-0.25, -0.2) is 0 Å². The average molecular weight is 362 g/mol. The van der Waals surface area contributed by atoms with Gasteiger partial charge >= 0.3 is 13.1 Å². The summed E-state index contributed by atoms with van der Waals surface area (Å²) < 4.78 is 19.5.